The van der Waals surface area contributed by atoms with Crippen LogP contribution in [0, 0.1) is 11.3 Å². The number of amides is 1. The summed E-state index contributed by atoms with van der Waals surface area (Å²) in [7, 11) is 0. The quantitative estimate of drug-likeness (QED) is 0.857. The molecule has 5 nitrogen and oxygen atoms in total. The standard InChI is InChI=1S/C19H18N2O3/c1-3-14-8-10-15(11-9-14)19(23)24-13(2)18(22)21-17-7-5-4-6-16(17)12-20/h4-11,13H,3H2,1-2H3,(H,21,22)/t13-/m0/s1. The van der Waals surface area contributed by atoms with Crippen LogP contribution >= 0.6 is 0 Å². The summed E-state index contributed by atoms with van der Waals surface area (Å²) < 4.78 is 5.18. The fourth-order valence-corrected chi connectivity index (χ4v) is 2.08. The molecule has 0 aliphatic carbocycles. The molecule has 5 heteroatoms. The number of benzene rings is 2. The lowest BCUT2D eigenvalue weighted by molar-refractivity contribution is -0.123. The summed E-state index contributed by atoms with van der Waals surface area (Å²) in [6.07, 6.45) is -0.0954. The van der Waals surface area contributed by atoms with Gasteiger partial charge in [0.1, 0.15) is 6.07 Å². The highest BCUT2D eigenvalue weighted by Crippen LogP contribution is 2.15. The zero-order valence-corrected chi connectivity index (χ0v) is 13.6. The van der Waals surface area contributed by atoms with E-state index in [9.17, 15) is 9.59 Å². The Balaban J connectivity index is 2.00. The van der Waals surface area contributed by atoms with Gasteiger partial charge in [-0.15, -0.1) is 0 Å². The second kappa shape index (κ2) is 7.93. The first-order chi connectivity index (χ1) is 11.5. The van der Waals surface area contributed by atoms with Gasteiger partial charge in [0.25, 0.3) is 5.91 Å². The third kappa shape index (κ3) is 4.20. The van der Waals surface area contributed by atoms with Gasteiger partial charge >= 0.3 is 5.97 Å². The maximum Gasteiger partial charge on any atom is 0.338 e. The summed E-state index contributed by atoms with van der Waals surface area (Å²) >= 11 is 0. The lowest BCUT2D eigenvalue weighted by Crippen LogP contribution is -2.30. The number of nitriles is 1. The molecule has 0 aromatic heterocycles. The van der Waals surface area contributed by atoms with E-state index in [4.69, 9.17) is 10.00 Å². The van der Waals surface area contributed by atoms with Gasteiger partial charge in [-0.05, 0) is 43.2 Å². The number of nitrogens with one attached hydrogen (secondary N) is 1. The monoisotopic (exact) mass is 322 g/mol. The van der Waals surface area contributed by atoms with E-state index in [0.717, 1.165) is 12.0 Å². The SMILES string of the molecule is CCc1ccc(C(=O)O[C@@H](C)C(=O)Nc2ccccc2C#N)cc1. The van der Waals surface area contributed by atoms with Gasteiger partial charge in [-0.3, -0.25) is 4.79 Å². The van der Waals surface area contributed by atoms with E-state index >= 15 is 0 Å². The lowest BCUT2D eigenvalue weighted by Gasteiger charge is -2.14. The Hall–Kier alpha value is -3.13. The first kappa shape index (κ1) is 17.2. The average molecular weight is 322 g/mol. The third-order valence-corrected chi connectivity index (χ3v) is 3.56. The van der Waals surface area contributed by atoms with E-state index in [2.05, 4.69) is 5.32 Å². The maximum atomic E-state index is 12.2. The Morgan fingerprint density at radius 3 is 2.46 bits per heavy atom. The first-order valence-electron chi connectivity index (χ1n) is 7.65. The van der Waals surface area contributed by atoms with E-state index in [-0.39, 0.29) is 0 Å². The molecule has 0 radical (unpaired) electrons. The predicted molar refractivity (Wildman–Crippen MR) is 90.5 cm³/mol. The number of hydrogen-bond donors (Lipinski definition) is 1. The molecular formula is C19H18N2O3. The molecule has 2 aromatic rings. The van der Waals surface area contributed by atoms with E-state index in [1.807, 2.05) is 25.1 Å². The van der Waals surface area contributed by atoms with Gasteiger partial charge in [0, 0.05) is 0 Å². The molecule has 0 heterocycles. The molecule has 0 unspecified atom stereocenters. The largest absolute Gasteiger partial charge is 0.449 e. The molecule has 0 saturated heterocycles. The van der Waals surface area contributed by atoms with Crippen LogP contribution < -0.4 is 5.32 Å². The number of nitrogens with zero attached hydrogens (tertiary/aromatic N) is 1. The zero-order chi connectivity index (χ0) is 17.5. The molecule has 0 fully saturated rings. The molecule has 2 rings (SSSR count). The highest BCUT2D eigenvalue weighted by atomic mass is 16.5. The van der Waals surface area contributed by atoms with Crippen molar-refractivity contribution in [1.29, 1.82) is 5.26 Å². The number of esters is 1. The van der Waals surface area contributed by atoms with Gasteiger partial charge in [0.2, 0.25) is 0 Å². The van der Waals surface area contributed by atoms with Crippen molar-refractivity contribution in [3.8, 4) is 6.07 Å². The second-order valence-corrected chi connectivity index (χ2v) is 5.24. The number of carbonyl (C=O) groups excluding carboxylic acids is 2. The van der Waals surface area contributed by atoms with Gasteiger partial charge < -0.3 is 10.1 Å². The Morgan fingerprint density at radius 1 is 1.17 bits per heavy atom. The fourth-order valence-electron chi connectivity index (χ4n) is 2.08. The third-order valence-electron chi connectivity index (χ3n) is 3.56. The molecule has 2 aromatic carbocycles. The molecule has 1 N–H and O–H groups in total. The summed E-state index contributed by atoms with van der Waals surface area (Å²) in [4.78, 5) is 24.2. The maximum absolute atomic E-state index is 12.2. The van der Waals surface area contributed by atoms with Crippen LogP contribution in [0.1, 0.15) is 35.3 Å². The Kier molecular flexibility index (Phi) is 5.69. The number of anilines is 1. The van der Waals surface area contributed by atoms with Gasteiger partial charge in [-0.25, -0.2) is 4.79 Å². The fraction of sp³-hybridized carbons (Fsp3) is 0.211. The molecule has 0 aliphatic rings. The summed E-state index contributed by atoms with van der Waals surface area (Å²) in [6, 6.07) is 15.7. The zero-order valence-electron chi connectivity index (χ0n) is 13.6. The highest BCUT2D eigenvalue weighted by Gasteiger charge is 2.19. The minimum Gasteiger partial charge on any atom is -0.449 e. The van der Waals surface area contributed by atoms with Crippen LogP contribution in [0.5, 0.6) is 0 Å². The number of ether oxygens (including phenoxy) is 1. The second-order valence-electron chi connectivity index (χ2n) is 5.24. The number of aryl methyl sites for hydroxylation is 1. The van der Waals surface area contributed by atoms with Crippen molar-refractivity contribution < 1.29 is 14.3 Å². The van der Waals surface area contributed by atoms with E-state index in [0.29, 0.717) is 16.8 Å². The molecule has 0 spiro atoms. The molecular weight excluding hydrogens is 304 g/mol. The smallest absolute Gasteiger partial charge is 0.338 e. The molecule has 1 amide bonds. The van der Waals surface area contributed by atoms with Crippen molar-refractivity contribution in [2.24, 2.45) is 0 Å². The molecule has 0 saturated carbocycles. The minimum atomic E-state index is -0.977. The topological polar surface area (TPSA) is 79.2 Å². The van der Waals surface area contributed by atoms with E-state index in [1.54, 1.807) is 36.4 Å². The summed E-state index contributed by atoms with van der Waals surface area (Å²) in [6.45, 7) is 3.52. The summed E-state index contributed by atoms with van der Waals surface area (Å²) in [5, 5.41) is 11.6. The van der Waals surface area contributed by atoms with Crippen molar-refractivity contribution in [1.82, 2.24) is 0 Å². The van der Waals surface area contributed by atoms with Crippen molar-refractivity contribution in [2.45, 2.75) is 26.4 Å². The van der Waals surface area contributed by atoms with Crippen LogP contribution in [0.15, 0.2) is 48.5 Å². The van der Waals surface area contributed by atoms with Crippen molar-refractivity contribution >= 4 is 17.6 Å². The number of hydrogen-bond acceptors (Lipinski definition) is 4. The van der Waals surface area contributed by atoms with Crippen LogP contribution in [-0.2, 0) is 16.0 Å². The Labute approximate surface area is 140 Å². The highest BCUT2D eigenvalue weighted by molar-refractivity contribution is 5.98. The molecule has 122 valence electrons. The van der Waals surface area contributed by atoms with Gasteiger partial charge in [-0.2, -0.15) is 5.26 Å². The van der Waals surface area contributed by atoms with Crippen molar-refractivity contribution in [2.75, 3.05) is 5.32 Å². The van der Waals surface area contributed by atoms with Gasteiger partial charge in [0.05, 0.1) is 16.8 Å². The minimum absolute atomic E-state index is 0.347. The van der Waals surface area contributed by atoms with E-state index in [1.165, 1.54) is 6.92 Å². The lowest BCUT2D eigenvalue weighted by atomic mass is 10.1. The van der Waals surface area contributed by atoms with Crippen molar-refractivity contribution in [3.63, 3.8) is 0 Å². The number of rotatable bonds is 5. The molecule has 1 atom stereocenters. The number of carbonyl (C=O) groups is 2. The van der Waals surface area contributed by atoms with Crippen LogP contribution in [0.4, 0.5) is 5.69 Å². The Morgan fingerprint density at radius 2 is 1.83 bits per heavy atom. The molecule has 0 bridgehead atoms. The van der Waals surface area contributed by atoms with Crippen LogP contribution in [-0.4, -0.2) is 18.0 Å². The summed E-state index contributed by atoms with van der Waals surface area (Å²) in [5.41, 5.74) is 2.24. The summed E-state index contributed by atoms with van der Waals surface area (Å²) in [5.74, 6) is -1.05. The average Bonchev–Trinajstić information content (AvgIpc) is 2.62. The first-order valence-corrected chi connectivity index (χ1v) is 7.65. The van der Waals surface area contributed by atoms with Crippen LogP contribution in [0.3, 0.4) is 0 Å². The van der Waals surface area contributed by atoms with Gasteiger partial charge in [-0.1, -0.05) is 31.2 Å². The van der Waals surface area contributed by atoms with Crippen molar-refractivity contribution in [3.05, 3.63) is 65.2 Å². The normalized spacial score (nSPS) is 11.2. The number of para-hydroxylation sites is 1. The molecule has 0 aliphatic heterocycles. The van der Waals surface area contributed by atoms with E-state index < -0.39 is 18.0 Å². The van der Waals surface area contributed by atoms with Gasteiger partial charge in [0.15, 0.2) is 6.10 Å². The Bertz CT molecular complexity index is 776. The predicted octanol–water partition coefficient (Wildman–Crippen LogP) is 3.30. The van der Waals surface area contributed by atoms with Crippen LogP contribution in [0.2, 0.25) is 0 Å². The van der Waals surface area contributed by atoms with Crippen LogP contribution in [0.25, 0.3) is 0 Å². The molecule has 24 heavy (non-hydrogen) atoms.